The van der Waals surface area contributed by atoms with Gasteiger partial charge >= 0.3 is 0 Å². The molecule has 0 spiro atoms. The first-order valence-electron chi connectivity index (χ1n) is 6.63. The summed E-state index contributed by atoms with van der Waals surface area (Å²) >= 11 is 0. The van der Waals surface area contributed by atoms with Crippen LogP contribution in [0.3, 0.4) is 0 Å². The van der Waals surface area contributed by atoms with Crippen LogP contribution in [0.5, 0.6) is 0 Å². The molecule has 0 aromatic carbocycles. The third-order valence-corrected chi connectivity index (χ3v) is 4.85. The van der Waals surface area contributed by atoms with E-state index in [0.29, 0.717) is 19.5 Å². The van der Waals surface area contributed by atoms with Crippen molar-refractivity contribution in [3.8, 4) is 0 Å². The standard InChI is InChI=1S/C12H21N3O2S/c1-2-9-18(16,17)14-7-8-15-12-6-4-3-5-11(12)10-13-15/h10,14H,2-9H2,1H3. The lowest BCUT2D eigenvalue weighted by atomic mass is 9.98. The normalized spacial score (nSPS) is 15.6. The molecule has 1 N–H and O–H groups in total. The Morgan fingerprint density at radius 2 is 2.17 bits per heavy atom. The monoisotopic (exact) mass is 271 g/mol. The Morgan fingerprint density at radius 1 is 1.39 bits per heavy atom. The second-order valence-corrected chi connectivity index (χ2v) is 6.69. The molecule has 2 rings (SSSR count). The van der Waals surface area contributed by atoms with Gasteiger partial charge in [-0.15, -0.1) is 0 Å². The fourth-order valence-electron chi connectivity index (χ4n) is 2.40. The van der Waals surface area contributed by atoms with Gasteiger partial charge in [0.2, 0.25) is 10.0 Å². The average molecular weight is 271 g/mol. The lowest BCUT2D eigenvalue weighted by Gasteiger charge is -2.14. The lowest BCUT2D eigenvalue weighted by molar-refractivity contribution is 0.538. The minimum absolute atomic E-state index is 0.199. The molecule has 102 valence electrons. The van der Waals surface area contributed by atoms with Gasteiger partial charge in [0.15, 0.2) is 0 Å². The van der Waals surface area contributed by atoms with Crippen LogP contribution >= 0.6 is 0 Å². The van der Waals surface area contributed by atoms with Crippen LogP contribution in [-0.2, 0) is 29.4 Å². The van der Waals surface area contributed by atoms with Gasteiger partial charge in [0.25, 0.3) is 0 Å². The van der Waals surface area contributed by atoms with E-state index in [1.807, 2.05) is 17.8 Å². The van der Waals surface area contributed by atoms with Crippen molar-refractivity contribution < 1.29 is 8.42 Å². The van der Waals surface area contributed by atoms with Crippen LogP contribution in [0, 0.1) is 0 Å². The van der Waals surface area contributed by atoms with Gasteiger partial charge in [0.1, 0.15) is 0 Å². The Kier molecular flexibility index (Phi) is 4.40. The second kappa shape index (κ2) is 5.84. The highest BCUT2D eigenvalue weighted by Gasteiger charge is 2.15. The molecule has 5 nitrogen and oxygen atoms in total. The molecule has 1 aliphatic rings. The Labute approximate surface area is 109 Å². The van der Waals surface area contributed by atoms with Crippen molar-refractivity contribution in [3.05, 3.63) is 17.5 Å². The summed E-state index contributed by atoms with van der Waals surface area (Å²) in [5.74, 6) is 0.199. The highest BCUT2D eigenvalue weighted by atomic mass is 32.2. The summed E-state index contributed by atoms with van der Waals surface area (Å²) in [6.07, 6.45) is 7.19. The largest absolute Gasteiger partial charge is 0.268 e. The zero-order chi connectivity index (χ0) is 13.0. The van der Waals surface area contributed by atoms with Crippen LogP contribution in [-0.4, -0.2) is 30.5 Å². The molecule has 1 aromatic heterocycles. The number of rotatable bonds is 6. The van der Waals surface area contributed by atoms with Crippen molar-refractivity contribution in [2.45, 2.75) is 45.6 Å². The summed E-state index contributed by atoms with van der Waals surface area (Å²) in [5, 5.41) is 4.35. The summed E-state index contributed by atoms with van der Waals surface area (Å²) in [7, 11) is -3.10. The predicted molar refractivity (Wildman–Crippen MR) is 70.9 cm³/mol. The number of nitrogens with one attached hydrogen (secondary N) is 1. The van der Waals surface area contributed by atoms with E-state index in [1.54, 1.807) is 0 Å². The average Bonchev–Trinajstić information content (AvgIpc) is 2.73. The molecule has 0 atom stereocenters. The van der Waals surface area contributed by atoms with Crippen molar-refractivity contribution in [1.29, 1.82) is 0 Å². The minimum Gasteiger partial charge on any atom is -0.268 e. The molecule has 6 heteroatoms. The van der Waals surface area contributed by atoms with Crippen LogP contribution in [0.2, 0.25) is 0 Å². The fourth-order valence-corrected chi connectivity index (χ4v) is 3.48. The van der Waals surface area contributed by atoms with Crippen molar-refractivity contribution in [2.24, 2.45) is 0 Å². The van der Waals surface area contributed by atoms with Crippen LogP contribution < -0.4 is 4.72 Å². The van der Waals surface area contributed by atoms with E-state index in [9.17, 15) is 8.42 Å². The third-order valence-electron chi connectivity index (χ3n) is 3.26. The molecule has 0 aliphatic heterocycles. The Morgan fingerprint density at radius 3 is 2.94 bits per heavy atom. The molecule has 1 aliphatic carbocycles. The number of aromatic nitrogens is 2. The quantitative estimate of drug-likeness (QED) is 0.842. The molecular weight excluding hydrogens is 250 g/mol. The zero-order valence-electron chi connectivity index (χ0n) is 10.9. The minimum atomic E-state index is -3.10. The second-order valence-electron chi connectivity index (χ2n) is 4.76. The number of aryl methyl sites for hydroxylation is 1. The summed E-state index contributed by atoms with van der Waals surface area (Å²) in [4.78, 5) is 0. The van der Waals surface area contributed by atoms with Crippen molar-refractivity contribution in [3.63, 3.8) is 0 Å². The smallest absolute Gasteiger partial charge is 0.211 e. The first-order chi connectivity index (χ1) is 8.62. The van der Waals surface area contributed by atoms with Gasteiger partial charge < -0.3 is 0 Å². The number of fused-ring (bicyclic) bond motifs is 1. The van der Waals surface area contributed by atoms with E-state index in [-0.39, 0.29) is 5.75 Å². The van der Waals surface area contributed by atoms with Gasteiger partial charge in [0.05, 0.1) is 18.5 Å². The van der Waals surface area contributed by atoms with Crippen molar-refractivity contribution in [1.82, 2.24) is 14.5 Å². The molecule has 0 unspecified atom stereocenters. The van der Waals surface area contributed by atoms with Crippen LogP contribution in [0.25, 0.3) is 0 Å². The molecule has 0 bridgehead atoms. The number of nitrogens with zero attached hydrogens (tertiary/aromatic N) is 2. The molecule has 0 fully saturated rings. The molecule has 0 radical (unpaired) electrons. The summed E-state index contributed by atoms with van der Waals surface area (Å²) in [6, 6.07) is 0. The summed E-state index contributed by atoms with van der Waals surface area (Å²) < 4.78 is 27.6. The van der Waals surface area contributed by atoms with Crippen LogP contribution in [0.4, 0.5) is 0 Å². The maximum Gasteiger partial charge on any atom is 0.211 e. The van der Waals surface area contributed by atoms with Gasteiger partial charge in [-0.2, -0.15) is 5.10 Å². The predicted octanol–water partition coefficient (Wildman–Crippen LogP) is 1.09. The fraction of sp³-hybridized carbons (Fsp3) is 0.750. The summed E-state index contributed by atoms with van der Waals surface area (Å²) in [6.45, 7) is 2.91. The molecular formula is C12H21N3O2S. The van der Waals surface area contributed by atoms with E-state index < -0.39 is 10.0 Å². The molecule has 1 heterocycles. The topological polar surface area (TPSA) is 64.0 Å². The van der Waals surface area contributed by atoms with Gasteiger partial charge in [-0.1, -0.05) is 6.92 Å². The zero-order valence-corrected chi connectivity index (χ0v) is 11.7. The maximum atomic E-state index is 11.5. The van der Waals surface area contributed by atoms with E-state index >= 15 is 0 Å². The number of hydrogen-bond acceptors (Lipinski definition) is 3. The lowest BCUT2D eigenvalue weighted by Crippen LogP contribution is -2.30. The first-order valence-corrected chi connectivity index (χ1v) is 8.28. The highest BCUT2D eigenvalue weighted by Crippen LogP contribution is 2.20. The van der Waals surface area contributed by atoms with E-state index in [2.05, 4.69) is 9.82 Å². The first kappa shape index (κ1) is 13.5. The molecule has 1 aromatic rings. The van der Waals surface area contributed by atoms with Crippen LogP contribution in [0.15, 0.2) is 6.20 Å². The van der Waals surface area contributed by atoms with Gasteiger partial charge in [-0.25, -0.2) is 13.1 Å². The molecule has 0 saturated heterocycles. The van der Waals surface area contributed by atoms with Gasteiger partial charge in [-0.3, -0.25) is 4.68 Å². The molecule has 0 saturated carbocycles. The molecule has 18 heavy (non-hydrogen) atoms. The van der Waals surface area contributed by atoms with Gasteiger partial charge in [-0.05, 0) is 37.7 Å². The molecule has 0 amide bonds. The van der Waals surface area contributed by atoms with E-state index in [0.717, 1.165) is 12.8 Å². The van der Waals surface area contributed by atoms with Crippen molar-refractivity contribution in [2.75, 3.05) is 12.3 Å². The highest BCUT2D eigenvalue weighted by molar-refractivity contribution is 7.89. The Bertz CT molecular complexity index is 493. The Hall–Kier alpha value is -0.880. The SMILES string of the molecule is CCCS(=O)(=O)NCCn1ncc2c1CCCC2. The van der Waals surface area contributed by atoms with Gasteiger partial charge in [0, 0.05) is 12.2 Å². The third kappa shape index (κ3) is 3.32. The maximum absolute atomic E-state index is 11.5. The number of hydrogen-bond donors (Lipinski definition) is 1. The van der Waals surface area contributed by atoms with Crippen LogP contribution in [0.1, 0.15) is 37.4 Å². The Balaban J connectivity index is 1.89. The van der Waals surface area contributed by atoms with Crippen molar-refractivity contribution >= 4 is 10.0 Å². The van der Waals surface area contributed by atoms with E-state index in [4.69, 9.17) is 0 Å². The van der Waals surface area contributed by atoms with E-state index in [1.165, 1.54) is 24.1 Å². The summed E-state index contributed by atoms with van der Waals surface area (Å²) in [5.41, 5.74) is 2.62. The number of sulfonamides is 1.